The van der Waals surface area contributed by atoms with Crippen LogP contribution in [-0.4, -0.2) is 35.1 Å². The SMILES string of the molecule is CCOP(=O)(OCC)c1ccc(Cn2ncc3c(OC)nccc32)cc1. The van der Waals surface area contributed by atoms with Gasteiger partial charge in [-0.25, -0.2) is 4.98 Å². The number of ether oxygens (including phenoxy) is 1. The summed E-state index contributed by atoms with van der Waals surface area (Å²) in [5, 5.41) is 5.84. The van der Waals surface area contributed by atoms with Gasteiger partial charge >= 0.3 is 7.60 Å². The van der Waals surface area contributed by atoms with E-state index < -0.39 is 7.60 Å². The van der Waals surface area contributed by atoms with Crippen LogP contribution in [0.1, 0.15) is 19.4 Å². The molecule has 2 aromatic heterocycles. The second kappa shape index (κ2) is 7.99. The Morgan fingerprint density at radius 3 is 2.38 bits per heavy atom. The molecule has 0 spiro atoms. The molecule has 0 bridgehead atoms. The second-order valence-electron chi connectivity index (χ2n) is 5.55. The van der Waals surface area contributed by atoms with Gasteiger partial charge in [-0.05, 0) is 37.6 Å². The van der Waals surface area contributed by atoms with Crippen LogP contribution in [0.2, 0.25) is 0 Å². The molecule has 2 heterocycles. The van der Waals surface area contributed by atoms with Gasteiger partial charge in [0.1, 0.15) is 0 Å². The maximum Gasteiger partial charge on any atom is 0.361 e. The summed E-state index contributed by atoms with van der Waals surface area (Å²) in [5.41, 5.74) is 1.96. The summed E-state index contributed by atoms with van der Waals surface area (Å²) in [5.74, 6) is 0.554. The third kappa shape index (κ3) is 3.65. The van der Waals surface area contributed by atoms with E-state index in [1.54, 1.807) is 45.5 Å². The van der Waals surface area contributed by atoms with Crippen molar-refractivity contribution < 1.29 is 18.3 Å². The first-order chi connectivity index (χ1) is 12.6. The molecule has 0 aliphatic rings. The Bertz CT molecular complexity index is 914. The molecule has 3 aromatic rings. The van der Waals surface area contributed by atoms with E-state index in [-0.39, 0.29) is 0 Å². The summed E-state index contributed by atoms with van der Waals surface area (Å²) >= 11 is 0. The fourth-order valence-electron chi connectivity index (χ4n) is 2.75. The van der Waals surface area contributed by atoms with Gasteiger partial charge in [-0.2, -0.15) is 5.10 Å². The van der Waals surface area contributed by atoms with E-state index in [9.17, 15) is 4.57 Å². The lowest BCUT2D eigenvalue weighted by Crippen LogP contribution is -2.11. The van der Waals surface area contributed by atoms with Gasteiger partial charge in [0, 0.05) is 6.20 Å². The number of methoxy groups -OCH3 is 1. The molecule has 138 valence electrons. The van der Waals surface area contributed by atoms with E-state index in [2.05, 4.69) is 10.1 Å². The highest BCUT2D eigenvalue weighted by atomic mass is 31.2. The van der Waals surface area contributed by atoms with Crippen LogP contribution in [0.25, 0.3) is 10.9 Å². The van der Waals surface area contributed by atoms with E-state index in [0.29, 0.717) is 30.9 Å². The van der Waals surface area contributed by atoms with Crippen LogP contribution in [0.5, 0.6) is 5.88 Å². The number of hydrogen-bond donors (Lipinski definition) is 0. The molecule has 0 saturated carbocycles. The minimum Gasteiger partial charge on any atom is -0.480 e. The minimum absolute atomic E-state index is 0.328. The van der Waals surface area contributed by atoms with Gasteiger partial charge in [-0.3, -0.25) is 9.25 Å². The average Bonchev–Trinajstić information content (AvgIpc) is 3.06. The predicted octanol–water partition coefficient (Wildman–Crippen LogP) is 3.38. The summed E-state index contributed by atoms with van der Waals surface area (Å²) in [6, 6.07) is 9.29. The van der Waals surface area contributed by atoms with E-state index in [1.165, 1.54) is 0 Å². The quantitative estimate of drug-likeness (QED) is 0.562. The number of aromatic nitrogens is 3. The first-order valence-corrected chi connectivity index (χ1v) is 9.98. The lowest BCUT2D eigenvalue weighted by molar-refractivity contribution is 0.230. The zero-order chi connectivity index (χ0) is 18.6. The molecule has 3 rings (SSSR count). The van der Waals surface area contributed by atoms with Gasteiger partial charge < -0.3 is 13.8 Å². The monoisotopic (exact) mass is 375 g/mol. The third-order valence-electron chi connectivity index (χ3n) is 3.91. The maximum absolute atomic E-state index is 12.8. The number of rotatable bonds is 8. The standard InChI is InChI=1S/C18H22N3O4P/c1-4-24-26(22,25-5-2)15-8-6-14(7-9-15)13-21-17-10-11-19-18(23-3)16(17)12-20-21/h6-12H,4-5,13H2,1-3H3. The Morgan fingerprint density at radius 2 is 1.77 bits per heavy atom. The smallest absolute Gasteiger partial charge is 0.361 e. The molecule has 26 heavy (non-hydrogen) atoms. The highest BCUT2D eigenvalue weighted by Crippen LogP contribution is 2.46. The molecule has 1 aromatic carbocycles. The molecule has 0 radical (unpaired) electrons. The van der Waals surface area contributed by atoms with Crippen LogP contribution in [0.15, 0.2) is 42.7 Å². The first kappa shape index (κ1) is 18.6. The second-order valence-corrected chi connectivity index (χ2v) is 7.58. The molecule has 0 atom stereocenters. The number of hydrogen-bond acceptors (Lipinski definition) is 6. The number of pyridine rings is 1. The third-order valence-corrected chi connectivity index (χ3v) is 6.04. The summed E-state index contributed by atoms with van der Waals surface area (Å²) in [4.78, 5) is 4.18. The fourth-order valence-corrected chi connectivity index (χ4v) is 4.32. The molecule has 0 N–H and O–H groups in total. The van der Waals surface area contributed by atoms with Crippen molar-refractivity contribution in [2.45, 2.75) is 20.4 Å². The van der Waals surface area contributed by atoms with Crippen LogP contribution >= 0.6 is 7.60 Å². The van der Waals surface area contributed by atoms with E-state index in [1.807, 2.05) is 22.9 Å². The van der Waals surface area contributed by atoms with Crippen LogP contribution in [0.4, 0.5) is 0 Å². The molecule has 0 saturated heterocycles. The number of benzene rings is 1. The van der Waals surface area contributed by atoms with Crippen LogP contribution < -0.4 is 10.0 Å². The molecule has 8 heteroatoms. The zero-order valence-corrected chi connectivity index (χ0v) is 16.0. The van der Waals surface area contributed by atoms with E-state index in [0.717, 1.165) is 16.5 Å². The lowest BCUT2D eigenvalue weighted by atomic mass is 10.2. The molecule has 0 amide bonds. The molecular weight excluding hydrogens is 353 g/mol. The predicted molar refractivity (Wildman–Crippen MR) is 100 cm³/mol. The van der Waals surface area contributed by atoms with Crippen LogP contribution in [-0.2, 0) is 20.2 Å². The molecule has 0 unspecified atom stereocenters. The Hall–Kier alpha value is -2.21. The average molecular weight is 375 g/mol. The van der Waals surface area contributed by atoms with E-state index >= 15 is 0 Å². The maximum atomic E-state index is 12.8. The molecule has 0 aliphatic heterocycles. The van der Waals surface area contributed by atoms with Crippen molar-refractivity contribution in [1.29, 1.82) is 0 Å². The van der Waals surface area contributed by atoms with Crippen LogP contribution in [0, 0.1) is 0 Å². The summed E-state index contributed by atoms with van der Waals surface area (Å²) < 4.78 is 30.7. The first-order valence-electron chi connectivity index (χ1n) is 8.44. The highest BCUT2D eigenvalue weighted by molar-refractivity contribution is 7.62. The Morgan fingerprint density at radius 1 is 1.08 bits per heavy atom. The van der Waals surface area contributed by atoms with Crippen molar-refractivity contribution in [1.82, 2.24) is 14.8 Å². The van der Waals surface area contributed by atoms with Gasteiger partial charge in [0.15, 0.2) is 0 Å². The van der Waals surface area contributed by atoms with Crippen molar-refractivity contribution in [2.24, 2.45) is 0 Å². The molecular formula is C18H22N3O4P. The molecule has 7 nitrogen and oxygen atoms in total. The topological polar surface area (TPSA) is 75.5 Å². The summed E-state index contributed by atoms with van der Waals surface area (Å²) in [7, 11) is -1.67. The summed E-state index contributed by atoms with van der Waals surface area (Å²) in [6.45, 7) is 4.82. The van der Waals surface area contributed by atoms with E-state index in [4.69, 9.17) is 13.8 Å². The van der Waals surface area contributed by atoms with Gasteiger partial charge in [0.25, 0.3) is 0 Å². The molecule has 0 fully saturated rings. The number of nitrogens with zero attached hydrogens (tertiary/aromatic N) is 3. The van der Waals surface area contributed by atoms with Crippen molar-refractivity contribution in [2.75, 3.05) is 20.3 Å². The molecule has 0 aliphatic carbocycles. The largest absolute Gasteiger partial charge is 0.480 e. The van der Waals surface area contributed by atoms with Gasteiger partial charge in [0.05, 0.1) is 49.3 Å². The van der Waals surface area contributed by atoms with Crippen molar-refractivity contribution in [3.8, 4) is 5.88 Å². The van der Waals surface area contributed by atoms with Gasteiger partial charge in [0.2, 0.25) is 5.88 Å². The lowest BCUT2D eigenvalue weighted by Gasteiger charge is -2.17. The van der Waals surface area contributed by atoms with Crippen molar-refractivity contribution in [3.05, 3.63) is 48.3 Å². The number of fused-ring (bicyclic) bond motifs is 1. The normalized spacial score (nSPS) is 11.8. The zero-order valence-electron chi connectivity index (χ0n) is 15.1. The Labute approximate surface area is 152 Å². The summed E-state index contributed by atoms with van der Waals surface area (Å²) in [6.07, 6.45) is 3.44. The van der Waals surface area contributed by atoms with Crippen LogP contribution in [0.3, 0.4) is 0 Å². The van der Waals surface area contributed by atoms with Crippen molar-refractivity contribution in [3.63, 3.8) is 0 Å². The van der Waals surface area contributed by atoms with Crippen molar-refractivity contribution >= 4 is 23.8 Å². The van der Waals surface area contributed by atoms with Gasteiger partial charge in [-0.15, -0.1) is 0 Å². The Balaban J connectivity index is 1.85. The van der Waals surface area contributed by atoms with Gasteiger partial charge in [-0.1, -0.05) is 12.1 Å². The Kier molecular flexibility index (Phi) is 5.71. The minimum atomic E-state index is -3.26. The highest BCUT2D eigenvalue weighted by Gasteiger charge is 2.26. The fraction of sp³-hybridized carbons (Fsp3) is 0.333.